The van der Waals surface area contributed by atoms with Crippen LogP contribution in [0.2, 0.25) is 5.02 Å². The van der Waals surface area contributed by atoms with Gasteiger partial charge in [0.05, 0.1) is 5.56 Å². The summed E-state index contributed by atoms with van der Waals surface area (Å²) in [6.45, 7) is 2.15. The summed E-state index contributed by atoms with van der Waals surface area (Å²) in [5, 5.41) is -0.715. The Hall–Kier alpha value is -3.11. The highest BCUT2D eigenvalue weighted by atomic mass is 35.5. The lowest BCUT2D eigenvalue weighted by atomic mass is 9.92. The summed E-state index contributed by atoms with van der Waals surface area (Å²) < 4.78 is 57.0. The molecular weight excluding hydrogens is 436 g/mol. The molecular formula is C27H19ClF4. The normalized spacial score (nSPS) is 12.1. The van der Waals surface area contributed by atoms with Crippen LogP contribution in [0.1, 0.15) is 24.0 Å². The van der Waals surface area contributed by atoms with Gasteiger partial charge in [-0.3, -0.25) is 0 Å². The molecule has 0 nitrogen and oxygen atoms in total. The summed E-state index contributed by atoms with van der Waals surface area (Å²) in [6, 6.07) is 21.6. The van der Waals surface area contributed by atoms with Gasteiger partial charge in [0.15, 0.2) is 0 Å². The van der Waals surface area contributed by atoms with E-state index in [-0.39, 0.29) is 5.56 Å². The van der Waals surface area contributed by atoms with E-state index in [0.717, 1.165) is 36.2 Å². The molecule has 0 aliphatic carbocycles. The maximum Gasteiger partial charge on any atom is 0.145 e. The van der Waals surface area contributed by atoms with Crippen LogP contribution in [-0.2, 0) is 6.42 Å². The maximum atomic E-state index is 14.8. The van der Waals surface area contributed by atoms with E-state index >= 15 is 0 Å². The van der Waals surface area contributed by atoms with Crippen LogP contribution in [0.15, 0.2) is 78.9 Å². The van der Waals surface area contributed by atoms with Crippen molar-refractivity contribution >= 4 is 11.6 Å². The van der Waals surface area contributed by atoms with E-state index in [1.165, 1.54) is 5.56 Å². The first-order valence-corrected chi connectivity index (χ1v) is 10.5. The van der Waals surface area contributed by atoms with Crippen molar-refractivity contribution in [1.29, 1.82) is 0 Å². The van der Waals surface area contributed by atoms with Gasteiger partial charge in [-0.15, -0.1) is 0 Å². The number of benzene rings is 4. The minimum Gasteiger partial charge on any atom is -0.206 e. The average Bonchev–Trinajstić information content (AvgIpc) is 2.78. The second-order valence-electron chi connectivity index (χ2n) is 7.78. The molecule has 0 saturated heterocycles. The van der Waals surface area contributed by atoms with Crippen LogP contribution in [0, 0.1) is 23.3 Å². The van der Waals surface area contributed by atoms with E-state index < -0.39 is 33.9 Å². The summed E-state index contributed by atoms with van der Waals surface area (Å²) in [5.74, 6) is -3.66. The standard InChI is InChI=1S/C27H19ClF4/c1-16(18-5-3-2-4-6-18)11-17-7-9-19(10-8-17)20-12-22(29)26(23(30)13-20)21-14-24(31)27(28)25(32)15-21/h2-10,12-16H,11H2,1H3/t16-/m1/s1. The molecule has 0 aromatic heterocycles. The quantitative estimate of drug-likeness (QED) is 0.209. The SMILES string of the molecule is C[C@H](Cc1ccc(-c2cc(F)c(-c3cc(F)c(Cl)c(F)c3)c(F)c2)cc1)c1ccccc1. The third-order valence-electron chi connectivity index (χ3n) is 5.51. The van der Waals surface area contributed by atoms with E-state index in [0.29, 0.717) is 17.0 Å². The summed E-state index contributed by atoms with van der Waals surface area (Å²) in [7, 11) is 0. The average molecular weight is 455 g/mol. The van der Waals surface area contributed by atoms with Gasteiger partial charge in [-0.1, -0.05) is 73.1 Å². The van der Waals surface area contributed by atoms with E-state index in [2.05, 4.69) is 19.1 Å². The molecule has 0 unspecified atom stereocenters. The van der Waals surface area contributed by atoms with Crippen molar-refractivity contribution < 1.29 is 17.6 Å². The van der Waals surface area contributed by atoms with E-state index in [4.69, 9.17) is 11.6 Å². The number of hydrogen-bond donors (Lipinski definition) is 0. The van der Waals surface area contributed by atoms with E-state index in [9.17, 15) is 17.6 Å². The molecule has 5 heteroatoms. The fourth-order valence-corrected chi connectivity index (χ4v) is 3.91. The van der Waals surface area contributed by atoms with Gasteiger partial charge >= 0.3 is 0 Å². The fraction of sp³-hybridized carbons (Fsp3) is 0.111. The minimum absolute atomic E-state index is 0.254. The molecule has 0 aliphatic rings. The molecule has 0 fully saturated rings. The summed E-state index contributed by atoms with van der Waals surface area (Å²) >= 11 is 5.46. The van der Waals surface area contributed by atoms with Gasteiger partial charge in [0.1, 0.15) is 28.3 Å². The first-order chi connectivity index (χ1) is 15.3. The molecule has 0 amide bonds. The lowest BCUT2D eigenvalue weighted by Crippen LogP contribution is -1.98. The number of rotatable bonds is 5. The molecule has 32 heavy (non-hydrogen) atoms. The van der Waals surface area contributed by atoms with Crippen molar-refractivity contribution in [2.45, 2.75) is 19.3 Å². The van der Waals surface area contributed by atoms with Crippen LogP contribution in [0.4, 0.5) is 17.6 Å². The summed E-state index contributed by atoms with van der Waals surface area (Å²) in [5.41, 5.74) is 2.56. The van der Waals surface area contributed by atoms with Crippen LogP contribution in [-0.4, -0.2) is 0 Å². The van der Waals surface area contributed by atoms with Crippen LogP contribution in [0.25, 0.3) is 22.3 Å². The molecule has 4 rings (SSSR count). The van der Waals surface area contributed by atoms with Crippen molar-refractivity contribution in [1.82, 2.24) is 0 Å². The summed E-state index contributed by atoms with van der Waals surface area (Å²) in [6.07, 6.45) is 0.833. The zero-order chi connectivity index (χ0) is 22.8. The molecule has 0 bridgehead atoms. The van der Waals surface area contributed by atoms with E-state index in [1.54, 1.807) is 0 Å². The van der Waals surface area contributed by atoms with Crippen molar-refractivity contribution in [2.24, 2.45) is 0 Å². The summed E-state index contributed by atoms with van der Waals surface area (Å²) in [4.78, 5) is 0. The first kappa shape index (κ1) is 22.1. The predicted octanol–water partition coefficient (Wildman–Crippen LogP) is 8.58. The highest BCUT2D eigenvalue weighted by Crippen LogP contribution is 2.34. The highest BCUT2D eigenvalue weighted by Gasteiger charge is 2.18. The highest BCUT2D eigenvalue weighted by molar-refractivity contribution is 6.31. The third kappa shape index (κ3) is 4.56. The second kappa shape index (κ2) is 9.17. The Morgan fingerprint density at radius 3 is 1.75 bits per heavy atom. The van der Waals surface area contributed by atoms with Gasteiger partial charge in [0.2, 0.25) is 0 Å². The second-order valence-corrected chi connectivity index (χ2v) is 8.16. The Morgan fingerprint density at radius 2 is 1.19 bits per heavy atom. The molecule has 0 N–H and O–H groups in total. The lowest BCUT2D eigenvalue weighted by molar-refractivity contribution is 0.579. The zero-order valence-electron chi connectivity index (χ0n) is 17.2. The van der Waals surface area contributed by atoms with Crippen LogP contribution < -0.4 is 0 Å². The molecule has 0 aliphatic heterocycles. The van der Waals surface area contributed by atoms with Crippen molar-refractivity contribution in [3.8, 4) is 22.3 Å². The largest absolute Gasteiger partial charge is 0.206 e. The molecule has 0 radical (unpaired) electrons. The minimum atomic E-state index is -1.08. The molecule has 4 aromatic carbocycles. The smallest absolute Gasteiger partial charge is 0.145 e. The zero-order valence-corrected chi connectivity index (χ0v) is 17.9. The monoisotopic (exact) mass is 454 g/mol. The predicted molar refractivity (Wildman–Crippen MR) is 121 cm³/mol. The molecule has 4 aromatic rings. The Morgan fingerprint density at radius 1 is 0.656 bits per heavy atom. The van der Waals surface area contributed by atoms with E-state index in [1.807, 2.05) is 42.5 Å². The van der Waals surface area contributed by atoms with Gasteiger partial charge in [0, 0.05) is 0 Å². The Kier molecular flexibility index (Phi) is 6.33. The molecule has 0 heterocycles. The van der Waals surface area contributed by atoms with Crippen LogP contribution in [0.3, 0.4) is 0 Å². The van der Waals surface area contributed by atoms with Crippen LogP contribution in [0.5, 0.6) is 0 Å². The third-order valence-corrected chi connectivity index (χ3v) is 5.87. The maximum absolute atomic E-state index is 14.8. The molecule has 0 saturated carbocycles. The van der Waals surface area contributed by atoms with Crippen molar-refractivity contribution in [2.75, 3.05) is 0 Å². The fourth-order valence-electron chi connectivity index (χ4n) is 3.80. The molecule has 1 atom stereocenters. The van der Waals surface area contributed by atoms with Gasteiger partial charge in [-0.25, -0.2) is 17.6 Å². The van der Waals surface area contributed by atoms with Gasteiger partial charge < -0.3 is 0 Å². The van der Waals surface area contributed by atoms with Crippen molar-refractivity contribution in [3.63, 3.8) is 0 Å². The first-order valence-electron chi connectivity index (χ1n) is 10.1. The van der Waals surface area contributed by atoms with Gasteiger partial charge in [-0.2, -0.15) is 0 Å². The van der Waals surface area contributed by atoms with Crippen LogP contribution >= 0.6 is 11.6 Å². The number of hydrogen-bond acceptors (Lipinski definition) is 0. The Bertz CT molecular complexity index is 1200. The molecule has 0 spiro atoms. The van der Waals surface area contributed by atoms with Crippen molar-refractivity contribution in [3.05, 3.63) is 118 Å². The van der Waals surface area contributed by atoms with Gasteiger partial charge in [0.25, 0.3) is 0 Å². The topological polar surface area (TPSA) is 0 Å². The Balaban J connectivity index is 1.59. The lowest BCUT2D eigenvalue weighted by Gasteiger charge is -2.13. The number of halogens is 5. The Labute approximate surface area is 189 Å². The van der Waals surface area contributed by atoms with Gasteiger partial charge in [-0.05, 0) is 64.4 Å². The molecule has 162 valence electrons.